The summed E-state index contributed by atoms with van der Waals surface area (Å²) in [6.45, 7) is 1.94. The Hall–Kier alpha value is -2.47. The zero-order chi connectivity index (χ0) is 15.4. The molecule has 0 aliphatic heterocycles. The van der Waals surface area contributed by atoms with E-state index in [1.54, 1.807) is 31.3 Å². The lowest BCUT2D eigenvalue weighted by molar-refractivity contribution is 0.0993. The highest BCUT2D eigenvalue weighted by atomic mass is 19.1. The van der Waals surface area contributed by atoms with Gasteiger partial charge in [0.15, 0.2) is 0 Å². The summed E-state index contributed by atoms with van der Waals surface area (Å²) in [6, 6.07) is 9.15. The third-order valence-electron chi connectivity index (χ3n) is 3.14. The number of aromatic nitrogens is 1. The van der Waals surface area contributed by atoms with Crippen molar-refractivity contribution in [3.63, 3.8) is 0 Å². The summed E-state index contributed by atoms with van der Waals surface area (Å²) < 4.78 is 13.3. The number of hydrogen-bond donors (Lipinski definition) is 2. The molecule has 0 spiro atoms. The summed E-state index contributed by atoms with van der Waals surface area (Å²) in [6.07, 6.45) is 0.680. The summed E-state index contributed by atoms with van der Waals surface area (Å²) >= 11 is 0. The number of amides is 1. The SMILES string of the molecule is CCc1cc(C(=O)N(C)c2cccc(F)c2)cc(NN)n1. The first-order chi connectivity index (χ1) is 10.0. The average Bonchev–Trinajstić information content (AvgIpc) is 2.52. The van der Waals surface area contributed by atoms with E-state index in [4.69, 9.17) is 5.84 Å². The Morgan fingerprint density at radius 1 is 1.38 bits per heavy atom. The molecular weight excluding hydrogens is 271 g/mol. The monoisotopic (exact) mass is 288 g/mol. The number of nitrogens with one attached hydrogen (secondary N) is 1. The van der Waals surface area contributed by atoms with E-state index in [1.807, 2.05) is 6.92 Å². The van der Waals surface area contributed by atoms with Crippen LogP contribution in [0.25, 0.3) is 0 Å². The fraction of sp³-hybridized carbons (Fsp3) is 0.200. The molecule has 1 aromatic carbocycles. The van der Waals surface area contributed by atoms with Crippen molar-refractivity contribution < 1.29 is 9.18 Å². The number of hydrazine groups is 1. The summed E-state index contributed by atoms with van der Waals surface area (Å²) in [5.41, 5.74) is 4.12. The number of hydrogen-bond acceptors (Lipinski definition) is 4. The molecule has 0 atom stereocenters. The van der Waals surface area contributed by atoms with Crippen molar-refractivity contribution in [2.24, 2.45) is 5.84 Å². The number of nitrogen functional groups attached to an aromatic ring is 1. The first-order valence-corrected chi connectivity index (χ1v) is 6.56. The molecule has 0 aliphatic carbocycles. The van der Waals surface area contributed by atoms with Gasteiger partial charge in [0.25, 0.3) is 5.91 Å². The fourth-order valence-electron chi connectivity index (χ4n) is 1.96. The number of carbonyl (C=O) groups excluding carboxylic acids is 1. The van der Waals surface area contributed by atoms with Crippen molar-refractivity contribution in [2.75, 3.05) is 17.4 Å². The average molecular weight is 288 g/mol. The molecule has 6 heteroatoms. The molecule has 5 nitrogen and oxygen atoms in total. The van der Waals surface area contributed by atoms with Gasteiger partial charge in [-0.05, 0) is 36.8 Å². The van der Waals surface area contributed by atoms with Crippen molar-refractivity contribution in [1.82, 2.24) is 4.98 Å². The molecule has 1 aromatic heterocycles. The van der Waals surface area contributed by atoms with Crippen LogP contribution in [0.4, 0.5) is 15.9 Å². The second-order valence-corrected chi connectivity index (χ2v) is 4.57. The number of anilines is 2. The highest BCUT2D eigenvalue weighted by molar-refractivity contribution is 6.06. The van der Waals surface area contributed by atoms with E-state index in [1.165, 1.54) is 17.0 Å². The Morgan fingerprint density at radius 2 is 2.14 bits per heavy atom. The number of benzene rings is 1. The van der Waals surface area contributed by atoms with E-state index in [0.717, 1.165) is 5.69 Å². The van der Waals surface area contributed by atoms with Gasteiger partial charge in [-0.1, -0.05) is 13.0 Å². The van der Waals surface area contributed by atoms with Crippen LogP contribution in [0.1, 0.15) is 23.0 Å². The van der Waals surface area contributed by atoms with Crippen LogP contribution in [0.15, 0.2) is 36.4 Å². The molecule has 0 fully saturated rings. The van der Waals surface area contributed by atoms with Gasteiger partial charge in [0, 0.05) is 24.0 Å². The second kappa shape index (κ2) is 6.32. The standard InChI is InChI=1S/C15H17FN4O/c1-3-12-7-10(8-14(18-12)19-17)15(21)20(2)13-6-4-5-11(16)9-13/h4-9H,3,17H2,1-2H3,(H,18,19). The van der Waals surface area contributed by atoms with E-state index >= 15 is 0 Å². The van der Waals surface area contributed by atoms with Gasteiger partial charge in [0.05, 0.1) is 0 Å². The number of halogens is 1. The Balaban J connectivity index is 2.35. The fourth-order valence-corrected chi connectivity index (χ4v) is 1.96. The Labute approximate surface area is 122 Å². The quantitative estimate of drug-likeness (QED) is 0.669. The molecule has 0 saturated carbocycles. The highest BCUT2D eigenvalue weighted by Gasteiger charge is 2.15. The molecule has 0 aliphatic rings. The number of aryl methyl sites for hydroxylation is 1. The molecule has 2 rings (SSSR count). The maximum Gasteiger partial charge on any atom is 0.258 e. The predicted molar refractivity (Wildman–Crippen MR) is 80.6 cm³/mol. The number of nitrogens with two attached hydrogens (primary N) is 1. The smallest absolute Gasteiger partial charge is 0.258 e. The maximum atomic E-state index is 13.3. The van der Waals surface area contributed by atoms with Crippen LogP contribution in [0, 0.1) is 5.82 Å². The molecule has 21 heavy (non-hydrogen) atoms. The number of pyridine rings is 1. The molecule has 2 aromatic rings. The van der Waals surface area contributed by atoms with E-state index < -0.39 is 0 Å². The molecule has 0 saturated heterocycles. The van der Waals surface area contributed by atoms with Crippen LogP contribution in [0.2, 0.25) is 0 Å². The predicted octanol–water partition coefficient (Wildman–Crippen LogP) is 2.35. The van der Waals surface area contributed by atoms with Crippen molar-refractivity contribution in [3.05, 3.63) is 53.5 Å². The Bertz CT molecular complexity index is 638. The third kappa shape index (κ3) is 3.35. The first-order valence-electron chi connectivity index (χ1n) is 6.56. The minimum Gasteiger partial charge on any atom is -0.311 e. The summed E-state index contributed by atoms with van der Waals surface area (Å²) in [5, 5.41) is 0. The Kier molecular flexibility index (Phi) is 4.49. The molecule has 0 bridgehead atoms. The van der Waals surface area contributed by atoms with Gasteiger partial charge in [-0.3, -0.25) is 4.79 Å². The summed E-state index contributed by atoms with van der Waals surface area (Å²) in [4.78, 5) is 18.1. The first kappa shape index (κ1) is 14.9. The van der Waals surface area contributed by atoms with Crippen LogP contribution < -0.4 is 16.2 Å². The number of nitrogens with zero attached hydrogens (tertiary/aromatic N) is 2. The number of rotatable bonds is 4. The van der Waals surface area contributed by atoms with Gasteiger partial charge in [-0.2, -0.15) is 0 Å². The molecule has 110 valence electrons. The highest BCUT2D eigenvalue weighted by Crippen LogP contribution is 2.18. The third-order valence-corrected chi connectivity index (χ3v) is 3.14. The topological polar surface area (TPSA) is 71.2 Å². The van der Waals surface area contributed by atoms with Crippen LogP contribution >= 0.6 is 0 Å². The lowest BCUT2D eigenvalue weighted by Gasteiger charge is -2.18. The van der Waals surface area contributed by atoms with Gasteiger partial charge in [-0.15, -0.1) is 0 Å². The minimum atomic E-state index is -0.388. The maximum absolute atomic E-state index is 13.3. The van der Waals surface area contributed by atoms with E-state index in [9.17, 15) is 9.18 Å². The van der Waals surface area contributed by atoms with Gasteiger partial charge in [0.1, 0.15) is 11.6 Å². The molecule has 3 N–H and O–H groups in total. The van der Waals surface area contributed by atoms with Crippen molar-refractivity contribution in [2.45, 2.75) is 13.3 Å². The molecule has 0 unspecified atom stereocenters. The molecular formula is C15H17FN4O. The lowest BCUT2D eigenvalue weighted by Crippen LogP contribution is -2.26. The Morgan fingerprint density at radius 3 is 2.76 bits per heavy atom. The van der Waals surface area contributed by atoms with Crippen LogP contribution in [0.5, 0.6) is 0 Å². The molecule has 0 radical (unpaired) electrons. The van der Waals surface area contributed by atoms with Crippen molar-refractivity contribution in [3.8, 4) is 0 Å². The number of carbonyl (C=O) groups is 1. The lowest BCUT2D eigenvalue weighted by atomic mass is 10.1. The normalized spacial score (nSPS) is 10.3. The zero-order valence-corrected chi connectivity index (χ0v) is 11.9. The van der Waals surface area contributed by atoms with Gasteiger partial charge in [0.2, 0.25) is 0 Å². The van der Waals surface area contributed by atoms with Crippen LogP contribution in [0.3, 0.4) is 0 Å². The van der Waals surface area contributed by atoms with Crippen LogP contribution in [-0.2, 0) is 6.42 Å². The second-order valence-electron chi connectivity index (χ2n) is 4.57. The molecule has 1 heterocycles. The molecule has 1 amide bonds. The van der Waals surface area contributed by atoms with E-state index in [0.29, 0.717) is 23.5 Å². The van der Waals surface area contributed by atoms with Gasteiger partial charge >= 0.3 is 0 Å². The zero-order valence-electron chi connectivity index (χ0n) is 11.9. The summed E-state index contributed by atoms with van der Waals surface area (Å²) in [7, 11) is 1.60. The largest absolute Gasteiger partial charge is 0.311 e. The summed E-state index contributed by atoms with van der Waals surface area (Å²) in [5.74, 6) is 5.14. The van der Waals surface area contributed by atoms with E-state index in [-0.39, 0.29) is 11.7 Å². The van der Waals surface area contributed by atoms with Gasteiger partial charge in [-0.25, -0.2) is 15.2 Å². The van der Waals surface area contributed by atoms with E-state index in [2.05, 4.69) is 10.4 Å². The van der Waals surface area contributed by atoms with Crippen molar-refractivity contribution >= 4 is 17.4 Å². The van der Waals surface area contributed by atoms with Gasteiger partial charge < -0.3 is 10.3 Å². The van der Waals surface area contributed by atoms with Crippen molar-refractivity contribution in [1.29, 1.82) is 0 Å². The minimum absolute atomic E-state index is 0.255. The van der Waals surface area contributed by atoms with Crippen LogP contribution in [-0.4, -0.2) is 17.9 Å².